The van der Waals surface area contributed by atoms with Gasteiger partial charge in [0.25, 0.3) is 0 Å². The van der Waals surface area contributed by atoms with Gasteiger partial charge in [-0.25, -0.2) is 4.39 Å². The van der Waals surface area contributed by atoms with Crippen LogP contribution in [-0.4, -0.2) is 37.1 Å². The van der Waals surface area contributed by atoms with Crippen LogP contribution in [0.4, 0.5) is 4.39 Å². The van der Waals surface area contributed by atoms with Crippen LogP contribution < -0.4 is 5.32 Å². The standard InChI is InChI=1S/C15H21FN2O2/c1-10(2)13(9-20-3)18-14(19)8-17-15(18)11-5-4-6-12(16)7-11/h4-7,10,13,15,17H,8-9H2,1-3H3. The third-order valence-corrected chi connectivity index (χ3v) is 3.64. The molecule has 2 unspecified atom stereocenters. The van der Waals surface area contributed by atoms with Crippen molar-refractivity contribution in [2.75, 3.05) is 20.3 Å². The van der Waals surface area contributed by atoms with E-state index in [1.165, 1.54) is 12.1 Å². The smallest absolute Gasteiger partial charge is 0.238 e. The molecule has 110 valence electrons. The van der Waals surface area contributed by atoms with Crippen molar-refractivity contribution in [3.63, 3.8) is 0 Å². The second-order valence-electron chi connectivity index (χ2n) is 5.41. The van der Waals surface area contributed by atoms with E-state index in [9.17, 15) is 9.18 Å². The maximum absolute atomic E-state index is 13.4. The zero-order valence-corrected chi connectivity index (χ0v) is 12.1. The molecule has 5 heteroatoms. The molecule has 0 saturated carbocycles. The number of benzene rings is 1. The Bertz CT molecular complexity index is 479. The van der Waals surface area contributed by atoms with E-state index in [2.05, 4.69) is 19.2 Å². The molecule has 1 N–H and O–H groups in total. The fourth-order valence-electron chi connectivity index (χ4n) is 2.61. The molecule has 2 rings (SSSR count). The number of rotatable bonds is 5. The van der Waals surface area contributed by atoms with E-state index >= 15 is 0 Å². The van der Waals surface area contributed by atoms with Gasteiger partial charge < -0.3 is 9.64 Å². The molecule has 1 heterocycles. The van der Waals surface area contributed by atoms with Gasteiger partial charge in [0.1, 0.15) is 12.0 Å². The summed E-state index contributed by atoms with van der Waals surface area (Å²) in [5.41, 5.74) is 0.762. The quantitative estimate of drug-likeness (QED) is 0.896. The molecule has 1 saturated heterocycles. The second-order valence-corrected chi connectivity index (χ2v) is 5.41. The second kappa shape index (κ2) is 6.33. The average Bonchev–Trinajstić information content (AvgIpc) is 2.77. The lowest BCUT2D eigenvalue weighted by atomic mass is 10.0. The van der Waals surface area contributed by atoms with Gasteiger partial charge in [0.05, 0.1) is 19.2 Å². The Balaban J connectivity index is 2.30. The Labute approximate surface area is 118 Å². The minimum Gasteiger partial charge on any atom is -0.383 e. The maximum Gasteiger partial charge on any atom is 0.238 e. The fourth-order valence-corrected chi connectivity index (χ4v) is 2.61. The average molecular weight is 280 g/mol. The highest BCUT2D eigenvalue weighted by atomic mass is 19.1. The number of ether oxygens (including phenoxy) is 1. The number of nitrogens with one attached hydrogen (secondary N) is 1. The van der Waals surface area contributed by atoms with Crippen molar-refractivity contribution in [1.82, 2.24) is 10.2 Å². The van der Waals surface area contributed by atoms with Gasteiger partial charge in [-0.3, -0.25) is 10.1 Å². The predicted molar refractivity (Wildman–Crippen MR) is 74.5 cm³/mol. The van der Waals surface area contributed by atoms with Crippen LogP contribution >= 0.6 is 0 Å². The number of methoxy groups -OCH3 is 1. The van der Waals surface area contributed by atoms with E-state index in [0.29, 0.717) is 6.61 Å². The summed E-state index contributed by atoms with van der Waals surface area (Å²) in [5, 5.41) is 3.15. The van der Waals surface area contributed by atoms with Crippen LogP contribution in [0.15, 0.2) is 24.3 Å². The Morgan fingerprint density at radius 3 is 2.85 bits per heavy atom. The van der Waals surface area contributed by atoms with E-state index in [1.54, 1.807) is 18.1 Å². The third-order valence-electron chi connectivity index (χ3n) is 3.64. The van der Waals surface area contributed by atoms with Gasteiger partial charge >= 0.3 is 0 Å². The predicted octanol–water partition coefficient (Wildman–Crippen LogP) is 1.93. The molecule has 1 amide bonds. The fraction of sp³-hybridized carbons (Fsp3) is 0.533. The number of hydrogen-bond acceptors (Lipinski definition) is 3. The molecule has 0 bridgehead atoms. The molecule has 1 fully saturated rings. The van der Waals surface area contributed by atoms with E-state index in [0.717, 1.165) is 5.56 Å². The first-order valence-electron chi connectivity index (χ1n) is 6.83. The number of nitrogens with zero attached hydrogens (tertiary/aromatic N) is 1. The van der Waals surface area contributed by atoms with Gasteiger partial charge in [-0.15, -0.1) is 0 Å². The van der Waals surface area contributed by atoms with Crippen molar-refractivity contribution in [3.05, 3.63) is 35.6 Å². The molecule has 20 heavy (non-hydrogen) atoms. The van der Waals surface area contributed by atoms with Gasteiger partial charge in [-0.2, -0.15) is 0 Å². The van der Waals surface area contributed by atoms with Gasteiger partial charge in [0.2, 0.25) is 5.91 Å². The van der Waals surface area contributed by atoms with Crippen molar-refractivity contribution in [3.8, 4) is 0 Å². The van der Waals surface area contributed by atoms with E-state index < -0.39 is 0 Å². The summed E-state index contributed by atoms with van der Waals surface area (Å²) >= 11 is 0. The van der Waals surface area contributed by atoms with Gasteiger partial charge in [-0.05, 0) is 23.6 Å². The zero-order chi connectivity index (χ0) is 14.7. The first kappa shape index (κ1) is 14.9. The molecule has 2 atom stereocenters. The maximum atomic E-state index is 13.4. The van der Waals surface area contributed by atoms with Crippen molar-refractivity contribution in [1.29, 1.82) is 0 Å². The topological polar surface area (TPSA) is 41.6 Å². The lowest BCUT2D eigenvalue weighted by molar-refractivity contribution is -0.132. The van der Waals surface area contributed by atoms with Gasteiger partial charge in [0, 0.05) is 7.11 Å². The normalized spacial score (nSPS) is 20.8. The monoisotopic (exact) mass is 280 g/mol. The number of hydrogen-bond donors (Lipinski definition) is 1. The van der Waals surface area contributed by atoms with Crippen LogP contribution in [0.25, 0.3) is 0 Å². The molecular weight excluding hydrogens is 259 g/mol. The van der Waals surface area contributed by atoms with Crippen molar-refractivity contribution < 1.29 is 13.9 Å². The summed E-state index contributed by atoms with van der Waals surface area (Å²) in [6.07, 6.45) is -0.291. The minimum atomic E-state index is -0.295. The van der Waals surface area contributed by atoms with Crippen LogP contribution in [0, 0.1) is 11.7 Å². The zero-order valence-electron chi connectivity index (χ0n) is 12.1. The number of carbonyl (C=O) groups is 1. The first-order chi connectivity index (χ1) is 9.54. The van der Waals surface area contributed by atoms with Gasteiger partial charge in [0.15, 0.2) is 0 Å². The van der Waals surface area contributed by atoms with E-state index in [1.807, 2.05) is 6.07 Å². The van der Waals surface area contributed by atoms with Crippen LogP contribution in [0.2, 0.25) is 0 Å². The Kier molecular flexibility index (Phi) is 4.73. The molecule has 0 aliphatic carbocycles. The molecular formula is C15H21FN2O2. The lowest BCUT2D eigenvalue weighted by Crippen LogP contribution is -2.45. The van der Waals surface area contributed by atoms with Crippen molar-refractivity contribution in [2.24, 2.45) is 5.92 Å². The first-order valence-corrected chi connectivity index (χ1v) is 6.83. The highest BCUT2D eigenvalue weighted by Crippen LogP contribution is 2.28. The molecule has 1 aromatic carbocycles. The summed E-state index contributed by atoms with van der Waals surface area (Å²) in [5.74, 6) is -0.0127. The molecule has 0 radical (unpaired) electrons. The number of halogens is 1. The minimum absolute atomic E-state index is 0.0232. The molecule has 1 aromatic rings. The SMILES string of the molecule is COCC(C(C)C)N1C(=O)CNC1c1cccc(F)c1. The highest BCUT2D eigenvalue weighted by Gasteiger charge is 2.38. The molecule has 0 aromatic heterocycles. The van der Waals surface area contributed by atoms with Crippen LogP contribution in [0.3, 0.4) is 0 Å². The third kappa shape index (κ3) is 2.99. The van der Waals surface area contributed by atoms with Crippen molar-refractivity contribution in [2.45, 2.75) is 26.1 Å². The summed E-state index contributed by atoms with van der Waals surface area (Å²) in [6, 6.07) is 6.33. The van der Waals surface area contributed by atoms with E-state index in [-0.39, 0.29) is 36.4 Å². The number of amides is 1. The molecule has 1 aliphatic rings. The number of carbonyl (C=O) groups excluding carboxylic acids is 1. The summed E-state index contributed by atoms with van der Waals surface area (Å²) in [4.78, 5) is 14.0. The molecule has 4 nitrogen and oxygen atoms in total. The summed E-state index contributed by atoms with van der Waals surface area (Å²) < 4.78 is 18.6. The highest BCUT2D eigenvalue weighted by molar-refractivity contribution is 5.81. The van der Waals surface area contributed by atoms with Crippen LogP contribution in [0.5, 0.6) is 0 Å². The lowest BCUT2D eigenvalue weighted by Gasteiger charge is -2.35. The Morgan fingerprint density at radius 2 is 2.25 bits per heavy atom. The van der Waals surface area contributed by atoms with Crippen molar-refractivity contribution >= 4 is 5.91 Å². The Morgan fingerprint density at radius 1 is 1.50 bits per heavy atom. The van der Waals surface area contributed by atoms with Gasteiger partial charge in [-0.1, -0.05) is 26.0 Å². The van der Waals surface area contributed by atoms with E-state index in [4.69, 9.17) is 4.74 Å². The Hall–Kier alpha value is -1.46. The van der Waals surface area contributed by atoms with Crippen LogP contribution in [0.1, 0.15) is 25.6 Å². The molecule has 0 spiro atoms. The summed E-state index contributed by atoms with van der Waals surface area (Å²) in [7, 11) is 1.63. The summed E-state index contributed by atoms with van der Waals surface area (Å²) in [6.45, 7) is 4.85. The molecule has 1 aliphatic heterocycles. The largest absolute Gasteiger partial charge is 0.383 e. The van der Waals surface area contributed by atoms with Crippen LogP contribution in [-0.2, 0) is 9.53 Å².